The van der Waals surface area contributed by atoms with Gasteiger partial charge in [-0.2, -0.15) is 0 Å². The van der Waals surface area contributed by atoms with Crippen molar-refractivity contribution >= 4 is 57.5 Å². The zero-order valence-corrected chi connectivity index (χ0v) is 33.0. The van der Waals surface area contributed by atoms with E-state index in [9.17, 15) is 47.9 Å². The third kappa shape index (κ3) is 12.2. The summed E-state index contributed by atoms with van der Waals surface area (Å²) in [5.74, 6) is -2.52. The summed E-state index contributed by atoms with van der Waals surface area (Å²) < 4.78 is 40.7. The third-order valence-electron chi connectivity index (χ3n) is 8.56. The van der Waals surface area contributed by atoms with Crippen LogP contribution in [-0.4, -0.2) is 92.1 Å². The molecule has 4 rings (SSSR count). The van der Waals surface area contributed by atoms with E-state index in [1.807, 2.05) is 45.0 Å². The summed E-state index contributed by atoms with van der Waals surface area (Å²) in [5, 5.41) is 4.29. The number of benzene rings is 2. The summed E-state index contributed by atoms with van der Waals surface area (Å²) in [5.41, 5.74) is 0.759. The van der Waals surface area contributed by atoms with E-state index in [0.29, 0.717) is 23.4 Å². The molecule has 22 heteroatoms. The Kier molecular flexibility index (Phi) is 15.4. The number of carbonyl (C=O) groups is 4. The van der Waals surface area contributed by atoms with Gasteiger partial charge < -0.3 is 49.2 Å². The predicted molar refractivity (Wildman–Crippen MR) is 203 cm³/mol. The van der Waals surface area contributed by atoms with Gasteiger partial charge in [-0.25, -0.2) is 9.78 Å². The first-order valence-corrected chi connectivity index (χ1v) is 20.8. The lowest BCUT2D eigenvalue weighted by atomic mass is 9.72. The number of rotatable bonds is 16. The lowest BCUT2D eigenvalue weighted by Gasteiger charge is -2.36. The van der Waals surface area contributed by atoms with Crippen molar-refractivity contribution in [1.82, 2.24) is 20.6 Å². The zero-order valence-electron chi connectivity index (χ0n) is 31.2. The van der Waals surface area contributed by atoms with Gasteiger partial charge in [0.2, 0.25) is 17.3 Å². The Morgan fingerprint density at radius 2 is 1.66 bits per heavy atom. The van der Waals surface area contributed by atoms with E-state index in [1.165, 1.54) is 30.5 Å². The molecule has 0 unspecified atom stereocenters. The summed E-state index contributed by atoms with van der Waals surface area (Å²) in [6.45, 7) is 5.47. The fourth-order valence-corrected chi connectivity index (χ4v) is 7.98. The normalized spacial score (nSPS) is 13.7. The molecular formula is C34H45BN6O13P2. The Bertz CT molecular complexity index is 1940. The third-order valence-corrected chi connectivity index (χ3v) is 11.9. The zero-order chi connectivity index (χ0) is 41.2. The fourth-order valence-electron chi connectivity index (χ4n) is 5.79. The fraction of sp³-hybridized carbons (Fsp3) is 0.412. The Hall–Kier alpha value is -4.52. The number of carbonyl (C=O) groups excluding carboxylic acids is 4. The Morgan fingerprint density at radius 3 is 2.29 bits per heavy atom. The van der Waals surface area contributed by atoms with Gasteiger partial charge in [0.25, 0.3) is 5.91 Å². The van der Waals surface area contributed by atoms with Gasteiger partial charge in [-0.15, -0.1) is 0 Å². The summed E-state index contributed by atoms with van der Waals surface area (Å²) in [7, 11) is -10.1. The van der Waals surface area contributed by atoms with Crippen LogP contribution in [0.15, 0.2) is 61.1 Å². The van der Waals surface area contributed by atoms with Gasteiger partial charge in [-0.1, -0.05) is 38.1 Å². The van der Waals surface area contributed by atoms with Crippen LogP contribution < -0.4 is 20.4 Å². The number of aromatic nitrogens is 2. The van der Waals surface area contributed by atoms with E-state index >= 15 is 0 Å². The molecule has 0 saturated carbocycles. The number of anilines is 2. The van der Waals surface area contributed by atoms with Gasteiger partial charge in [-0.05, 0) is 60.6 Å². The second-order valence-corrected chi connectivity index (χ2v) is 17.2. The van der Waals surface area contributed by atoms with Crippen molar-refractivity contribution in [3.63, 3.8) is 0 Å². The van der Waals surface area contributed by atoms with E-state index in [-0.39, 0.29) is 44.4 Å². The molecule has 1 aliphatic heterocycles. The monoisotopic (exact) mass is 818 g/mol. The molecule has 0 bridgehead atoms. The van der Waals surface area contributed by atoms with Crippen LogP contribution in [0.3, 0.4) is 0 Å². The molecule has 1 aliphatic rings. The van der Waals surface area contributed by atoms with Crippen LogP contribution in [-0.2, 0) is 46.0 Å². The highest BCUT2D eigenvalue weighted by molar-refractivity contribution is 7.70. The molecule has 0 fully saturated rings. The first kappa shape index (κ1) is 44.2. The van der Waals surface area contributed by atoms with Crippen LogP contribution in [0.1, 0.15) is 60.3 Å². The molecule has 0 saturated heterocycles. The number of hydrogen-bond donors (Lipinski definition) is 6. The molecule has 56 heavy (non-hydrogen) atoms. The Morgan fingerprint density at radius 1 is 0.982 bits per heavy atom. The van der Waals surface area contributed by atoms with Crippen LogP contribution in [0.25, 0.3) is 0 Å². The minimum atomic E-state index is -5.35. The molecule has 6 N–H and O–H groups in total. The number of nitrogens with one attached hydrogen (secondary N) is 2. The first-order valence-electron chi connectivity index (χ1n) is 17.4. The van der Waals surface area contributed by atoms with Crippen molar-refractivity contribution in [2.24, 2.45) is 5.92 Å². The number of hydrogen-bond acceptors (Lipinski definition) is 11. The summed E-state index contributed by atoms with van der Waals surface area (Å²) in [4.78, 5) is 99.2. The molecular weight excluding hydrogens is 773 g/mol. The summed E-state index contributed by atoms with van der Waals surface area (Å²) in [6, 6.07) is 12.5. The highest BCUT2D eigenvalue weighted by atomic mass is 31.2. The van der Waals surface area contributed by atoms with Gasteiger partial charge in [0, 0.05) is 37.2 Å². The minimum absolute atomic E-state index is 0.0594. The maximum atomic E-state index is 14.1. The first-order chi connectivity index (χ1) is 26.4. The average Bonchev–Trinajstić information content (AvgIpc) is 3.36. The molecule has 1 aromatic heterocycles. The quantitative estimate of drug-likeness (QED) is 0.0689. The van der Waals surface area contributed by atoms with Gasteiger partial charge in [0.15, 0.2) is 0 Å². The van der Waals surface area contributed by atoms with Crippen molar-refractivity contribution < 1.29 is 61.9 Å². The van der Waals surface area contributed by atoms with E-state index in [4.69, 9.17) is 14.0 Å². The highest BCUT2D eigenvalue weighted by Crippen LogP contribution is 2.58. The number of ether oxygens (including phenoxy) is 1. The topological polar surface area (TPSA) is 267 Å². The van der Waals surface area contributed by atoms with Gasteiger partial charge in [0.1, 0.15) is 5.69 Å². The molecule has 302 valence electrons. The number of para-hydroxylation sites is 1. The van der Waals surface area contributed by atoms with Crippen LogP contribution >= 0.6 is 15.2 Å². The number of fused-ring (bicyclic) bond motifs is 1. The van der Waals surface area contributed by atoms with Crippen molar-refractivity contribution in [3.05, 3.63) is 83.4 Å². The Balaban J connectivity index is 1.43. The van der Waals surface area contributed by atoms with Crippen LogP contribution in [0.5, 0.6) is 0 Å². The largest absolute Gasteiger partial charge is 0.482 e. The summed E-state index contributed by atoms with van der Waals surface area (Å²) >= 11 is 0. The molecule has 0 spiro atoms. The van der Waals surface area contributed by atoms with Gasteiger partial charge >= 0.3 is 28.4 Å². The highest BCUT2D eigenvalue weighted by Gasteiger charge is 2.44. The van der Waals surface area contributed by atoms with Gasteiger partial charge in [-0.3, -0.25) is 33.4 Å². The van der Waals surface area contributed by atoms with Crippen molar-refractivity contribution in [2.75, 3.05) is 30.0 Å². The molecule has 1 atom stereocenters. The smallest absolute Gasteiger partial charge is 0.449 e. The second-order valence-electron chi connectivity index (χ2n) is 13.4. The lowest BCUT2D eigenvalue weighted by Crippen LogP contribution is -2.55. The maximum absolute atomic E-state index is 14.1. The second kappa shape index (κ2) is 19.6. The lowest BCUT2D eigenvalue weighted by molar-refractivity contribution is -0.121. The van der Waals surface area contributed by atoms with Crippen molar-refractivity contribution in [1.29, 1.82) is 0 Å². The van der Waals surface area contributed by atoms with E-state index in [1.54, 1.807) is 28.4 Å². The molecule has 2 heterocycles. The average molecular weight is 819 g/mol. The Labute approximate surface area is 323 Å². The molecule has 2 aromatic carbocycles. The van der Waals surface area contributed by atoms with Crippen molar-refractivity contribution in [3.8, 4) is 0 Å². The molecule has 3 aromatic rings. The number of nitrogens with zero attached hydrogens (tertiary/aromatic N) is 4. The van der Waals surface area contributed by atoms with Crippen LogP contribution in [0.4, 0.5) is 16.2 Å². The van der Waals surface area contributed by atoms with Gasteiger partial charge in [0.05, 0.1) is 38.5 Å². The summed E-state index contributed by atoms with van der Waals surface area (Å²) in [6.07, 6.45) is 3.28. The molecule has 0 radical (unpaired) electrons. The van der Waals surface area contributed by atoms with Crippen LogP contribution in [0, 0.1) is 12.8 Å². The molecule has 19 nitrogen and oxygen atoms in total. The molecule has 0 aliphatic carbocycles. The molecule has 4 amide bonds. The number of amides is 4. The van der Waals surface area contributed by atoms with E-state index in [0.717, 1.165) is 11.1 Å². The SMILES string of the molecule is Cc1ccccc1N(C(=O)CNC(=O)c1cnccn1)[C@H](CC(C)C)B1OCc2ccc(N(C)C(=O)OCCCC(=O)NC(P(=O)(O)O)P(=O)(O)O)cc2CO1. The maximum Gasteiger partial charge on any atom is 0.482 e. The standard InChI is InChI=1S/C34H45BN6O13P2/c1-22(2)16-29(41(28-9-6-5-8-23(28)3)31(43)19-38-32(44)27-18-36-13-14-37-27)35-53-20-24-11-12-26(17-25(24)21-54-35)40(4)34(45)52-15-7-10-30(42)39-33(55(46,47)48)56(49,50)51/h5-6,8-9,11-14,17-18,22,29,33H,7,10,15-16,19-21H2,1-4H3,(H,38,44)(H,39,42)(H2,46,47,48)(H2,49,50,51)/t29-/m1/s1. The predicted octanol–water partition coefficient (Wildman–Crippen LogP) is 2.85. The minimum Gasteiger partial charge on any atom is -0.449 e. The van der Waals surface area contributed by atoms with Crippen molar-refractivity contribution in [2.45, 2.75) is 64.7 Å². The number of aryl methyl sites for hydroxylation is 1. The van der Waals surface area contributed by atoms with E-state index in [2.05, 4.69) is 15.3 Å². The van der Waals surface area contributed by atoms with Crippen LogP contribution in [0.2, 0.25) is 0 Å². The van der Waals surface area contributed by atoms with E-state index < -0.39 is 64.0 Å².